The van der Waals surface area contributed by atoms with Crippen LogP contribution < -0.4 is 5.32 Å². The van der Waals surface area contributed by atoms with Gasteiger partial charge < -0.3 is 5.32 Å². The summed E-state index contributed by atoms with van der Waals surface area (Å²) in [4.78, 5) is 10.0. The Bertz CT molecular complexity index is 665. The van der Waals surface area contributed by atoms with E-state index in [0.717, 1.165) is 12.1 Å². The molecule has 0 aliphatic heterocycles. The van der Waals surface area contributed by atoms with Crippen molar-refractivity contribution in [2.75, 3.05) is 5.32 Å². The van der Waals surface area contributed by atoms with E-state index in [9.17, 15) is 18.9 Å². The summed E-state index contributed by atoms with van der Waals surface area (Å²) in [6.07, 6.45) is 0. The third-order valence-electron chi connectivity index (χ3n) is 2.63. The topological polar surface area (TPSA) is 55.2 Å². The van der Waals surface area contributed by atoms with Gasteiger partial charge in [0.1, 0.15) is 5.02 Å². The molecule has 104 valence electrons. The van der Waals surface area contributed by atoms with Gasteiger partial charge >= 0.3 is 0 Å². The van der Waals surface area contributed by atoms with E-state index in [2.05, 4.69) is 5.32 Å². The number of nitrogens with one attached hydrogen (secondary N) is 1. The molecule has 0 fully saturated rings. The van der Waals surface area contributed by atoms with Crippen LogP contribution in [0.2, 0.25) is 5.02 Å². The Morgan fingerprint density at radius 1 is 1.15 bits per heavy atom. The van der Waals surface area contributed by atoms with Crippen molar-refractivity contribution in [2.24, 2.45) is 0 Å². The van der Waals surface area contributed by atoms with E-state index < -0.39 is 16.6 Å². The van der Waals surface area contributed by atoms with Crippen LogP contribution in [0.25, 0.3) is 0 Å². The van der Waals surface area contributed by atoms with E-state index in [1.807, 2.05) is 0 Å². The Hall–Kier alpha value is -2.21. The molecule has 0 atom stereocenters. The van der Waals surface area contributed by atoms with Crippen molar-refractivity contribution in [3.8, 4) is 0 Å². The summed E-state index contributed by atoms with van der Waals surface area (Å²) in [6.45, 7) is 0.241. The number of rotatable bonds is 4. The molecule has 0 saturated heterocycles. The molecule has 2 aromatic carbocycles. The van der Waals surface area contributed by atoms with Crippen molar-refractivity contribution in [2.45, 2.75) is 6.54 Å². The van der Waals surface area contributed by atoms with Gasteiger partial charge in [0.15, 0.2) is 11.6 Å². The number of anilines is 1. The highest BCUT2D eigenvalue weighted by Gasteiger charge is 2.12. The van der Waals surface area contributed by atoms with Crippen LogP contribution in [0.4, 0.5) is 20.2 Å². The van der Waals surface area contributed by atoms with Crippen LogP contribution >= 0.6 is 11.6 Å². The van der Waals surface area contributed by atoms with Crippen molar-refractivity contribution in [1.29, 1.82) is 0 Å². The van der Waals surface area contributed by atoms with Crippen molar-refractivity contribution >= 4 is 23.0 Å². The molecular formula is C13H9ClF2N2O2. The molecular weight excluding hydrogens is 290 g/mol. The molecule has 0 aromatic heterocycles. The minimum absolute atomic E-state index is 0.00490. The van der Waals surface area contributed by atoms with Crippen LogP contribution in [0, 0.1) is 21.7 Å². The highest BCUT2D eigenvalue weighted by Crippen LogP contribution is 2.27. The molecule has 0 amide bonds. The lowest BCUT2D eigenvalue weighted by atomic mass is 10.2. The van der Waals surface area contributed by atoms with Gasteiger partial charge in [-0.15, -0.1) is 0 Å². The summed E-state index contributed by atoms with van der Waals surface area (Å²) in [7, 11) is 0. The van der Waals surface area contributed by atoms with Gasteiger partial charge in [-0.25, -0.2) is 8.78 Å². The third kappa shape index (κ3) is 3.21. The molecule has 0 heterocycles. The first-order valence-corrected chi connectivity index (χ1v) is 5.97. The van der Waals surface area contributed by atoms with Gasteiger partial charge in [-0.2, -0.15) is 0 Å². The van der Waals surface area contributed by atoms with Crippen LogP contribution in [-0.2, 0) is 6.54 Å². The standard InChI is InChI=1S/C13H9ClF2N2O2/c14-10-6-9(2-4-13(10)18(19)20)17-7-8-1-3-11(15)12(16)5-8/h1-6,17H,7H2. The molecule has 0 spiro atoms. The average Bonchev–Trinajstić information content (AvgIpc) is 2.40. The fourth-order valence-corrected chi connectivity index (χ4v) is 1.87. The first-order valence-electron chi connectivity index (χ1n) is 5.59. The molecule has 0 aliphatic rings. The molecule has 4 nitrogen and oxygen atoms in total. The Kier molecular flexibility index (Phi) is 4.14. The van der Waals surface area contributed by atoms with Gasteiger partial charge in [-0.3, -0.25) is 10.1 Å². The van der Waals surface area contributed by atoms with E-state index in [1.165, 1.54) is 24.3 Å². The predicted molar refractivity (Wildman–Crippen MR) is 71.8 cm³/mol. The Morgan fingerprint density at radius 2 is 1.90 bits per heavy atom. The maximum atomic E-state index is 13.0. The van der Waals surface area contributed by atoms with Gasteiger partial charge in [-0.1, -0.05) is 17.7 Å². The second kappa shape index (κ2) is 5.83. The zero-order valence-electron chi connectivity index (χ0n) is 10.1. The molecule has 0 aliphatic carbocycles. The fraction of sp³-hybridized carbons (Fsp3) is 0.0769. The first kappa shape index (κ1) is 14.2. The maximum absolute atomic E-state index is 13.0. The normalized spacial score (nSPS) is 10.3. The lowest BCUT2D eigenvalue weighted by Crippen LogP contribution is -2.01. The molecule has 2 aromatic rings. The first-order chi connectivity index (χ1) is 9.47. The number of nitro groups is 1. The second-order valence-electron chi connectivity index (χ2n) is 4.03. The van der Waals surface area contributed by atoms with E-state index in [4.69, 9.17) is 11.6 Å². The lowest BCUT2D eigenvalue weighted by Gasteiger charge is -2.07. The number of benzene rings is 2. The van der Waals surface area contributed by atoms with Crippen LogP contribution in [0.15, 0.2) is 36.4 Å². The molecule has 0 saturated carbocycles. The van der Waals surface area contributed by atoms with Gasteiger partial charge in [0, 0.05) is 18.3 Å². The molecule has 0 bridgehead atoms. The molecule has 7 heteroatoms. The van der Waals surface area contributed by atoms with Crippen LogP contribution in [0.5, 0.6) is 0 Å². The van der Waals surface area contributed by atoms with Crippen molar-refractivity contribution in [1.82, 2.24) is 0 Å². The highest BCUT2D eigenvalue weighted by molar-refractivity contribution is 6.32. The zero-order chi connectivity index (χ0) is 14.7. The summed E-state index contributed by atoms with van der Waals surface area (Å²) >= 11 is 5.76. The quantitative estimate of drug-likeness (QED) is 0.682. The maximum Gasteiger partial charge on any atom is 0.288 e. The molecule has 2 rings (SSSR count). The lowest BCUT2D eigenvalue weighted by molar-refractivity contribution is -0.384. The summed E-state index contributed by atoms with van der Waals surface area (Å²) in [5.74, 6) is -1.84. The van der Waals surface area contributed by atoms with Gasteiger partial charge in [-0.05, 0) is 29.8 Å². The Labute approximate surface area is 118 Å². The van der Waals surface area contributed by atoms with Gasteiger partial charge in [0.2, 0.25) is 0 Å². The number of nitrogens with zero attached hydrogens (tertiary/aromatic N) is 1. The van der Waals surface area contributed by atoms with E-state index in [0.29, 0.717) is 11.3 Å². The van der Waals surface area contributed by atoms with E-state index >= 15 is 0 Å². The third-order valence-corrected chi connectivity index (χ3v) is 2.93. The van der Waals surface area contributed by atoms with Crippen molar-refractivity contribution < 1.29 is 13.7 Å². The van der Waals surface area contributed by atoms with Gasteiger partial charge in [0.25, 0.3) is 5.69 Å². The smallest absolute Gasteiger partial charge is 0.288 e. The van der Waals surface area contributed by atoms with Crippen molar-refractivity contribution in [3.05, 3.63) is 68.7 Å². The van der Waals surface area contributed by atoms with E-state index in [1.54, 1.807) is 0 Å². The van der Waals surface area contributed by atoms with E-state index in [-0.39, 0.29) is 17.3 Å². The monoisotopic (exact) mass is 298 g/mol. The van der Waals surface area contributed by atoms with Crippen LogP contribution in [-0.4, -0.2) is 4.92 Å². The molecule has 0 radical (unpaired) electrons. The summed E-state index contributed by atoms with van der Waals surface area (Å²) in [5.41, 5.74) is 0.897. The minimum Gasteiger partial charge on any atom is -0.381 e. The summed E-state index contributed by atoms with van der Waals surface area (Å²) < 4.78 is 25.8. The Morgan fingerprint density at radius 3 is 2.50 bits per heavy atom. The van der Waals surface area contributed by atoms with Crippen molar-refractivity contribution in [3.63, 3.8) is 0 Å². The SMILES string of the molecule is O=[N+]([O-])c1ccc(NCc2ccc(F)c(F)c2)cc1Cl. The number of hydrogen-bond donors (Lipinski definition) is 1. The van der Waals surface area contributed by atoms with Gasteiger partial charge in [0.05, 0.1) is 4.92 Å². The fourth-order valence-electron chi connectivity index (χ4n) is 1.62. The number of hydrogen-bond acceptors (Lipinski definition) is 3. The van der Waals surface area contributed by atoms with Crippen LogP contribution in [0.3, 0.4) is 0 Å². The molecule has 1 N–H and O–H groups in total. The minimum atomic E-state index is -0.925. The Balaban J connectivity index is 2.09. The molecule has 0 unspecified atom stereocenters. The largest absolute Gasteiger partial charge is 0.381 e. The zero-order valence-corrected chi connectivity index (χ0v) is 10.8. The highest BCUT2D eigenvalue weighted by atomic mass is 35.5. The second-order valence-corrected chi connectivity index (χ2v) is 4.43. The molecule has 20 heavy (non-hydrogen) atoms. The number of halogens is 3. The van der Waals surface area contributed by atoms with Crippen LogP contribution in [0.1, 0.15) is 5.56 Å². The summed E-state index contributed by atoms with van der Waals surface area (Å²) in [6, 6.07) is 7.72. The number of nitro benzene ring substituents is 1. The summed E-state index contributed by atoms with van der Waals surface area (Å²) in [5, 5.41) is 13.5. The predicted octanol–water partition coefficient (Wildman–Crippen LogP) is 4.14. The average molecular weight is 299 g/mol.